The number of H-pyrrole nitrogens is 1. The predicted octanol–water partition coefficient (Wildman–Crippen LogP) is 5.82. The molecule has 2 aliphatic carbocycles. The van der Waals surface area contributed by atoms with Gasteiger partial charge in [-0.05, 0) is 116 Å². The van der Waals surface area contributed by atoms with Crippen molar-refractivity contribution < 1.29 is 33.4 Å². The molecular weight excluding hydrogens is 547 g/mol. The Morgan fingerprint density at radius 3 is 1.91 bits per heavy atom. The fourth-order valence-electron chi connectivity index (χ4n) is 7.65. The number of hydrogen-bond acceptors (Lipinski definition) is 3. The van der Waals surface area contributed by atoms with Crippen molar-refractivity contribution in [3.63, 3.8) is 0 Å². The van der Waals surface area contributed by atoms with Gasteiger partial charge in [-0.15, -0.1) is 0 Å². The van der Waals surface area contributed by atoms with Gasteiger partial charge in [-0.2, -0.15) is 0 Å². The number of hydrogen-bond donors (Lipinski definition) is 0. The van der Waals surface area contributed by atoms with Gasteiger partial charge in [-0.1, -0.05) is 64.1 Å². The first-order valence-corrected chi connectivity index (χ1v) is 15.2. The van der Waals surface area contributed by atoms with Gasteiger partial charge in [0.05, 0.1) is 0 Å². The molecule has 4 nitrogen and oxygen atoms in total. The normalized spacial score (nSPS) is 14.9. The van der Waals surface area contributed by atoms with E-state index in [1.165, 1.54) is 44.5 Å². The van der Waals surface area contributed by atoms with Crippen molar-refractivity contribution in [1.29, 1.82) is 0 Å². The van der Waals surface area contributed by atoms with Gasteiger partial charge in [-0.3, -0.25) is 0 Å². The summed E-state index contributed by atoms with van der Waals surface area (Å²) in [7, 11) is 0. The quantitative estimate of drug-likeness (QED) is 0.243. The van der Waals surface area contributed by atoms with Crippen LogP contribution in [0.1, 0.15) is 49.9 Å². The Morgan fingerprint density at radius 2 is 1.22 bits per heavy atom. The van der Waals surface area contributed by atoms with Crippen molar-refractivity contribution in [3.8, 4) is 50.6 Å². The molecule has 5 heteroatoms. The number of pyridine rings is 1. The molecule has 0 saturated heterocycles. The average Bonchev–Trinajstić information content (AvgIpc) is 3.64. The summed E-state index contributed by atoms with van der Waals surface area (Å²) in [5, 5.41) is 14.4. The molecule has 0 spiro atoms. The minimum Gasteiger partial charge on any atom is -0.868 e. The van der Waals surface area contributed by atoms with E-state index in [1.54, 1.807) is 0 Å². The summed E-state index contributed by atoms with van der Waals surface area (Å²) in [6.07, 6.45) is 1.81. The Hall–Kier alpha value is -4.62. The van der Waals surface area contributed by atoms with Crippen LogP contribution in [0.3, 0.4) is 0 Å². The molecule has 0 atom stereocenters. The van der Waals surface area contributed by atoms with E-state index in [2.05, 4.69) is 81.2 Å². The monoisotopic (exact) mass is 577 g/mol. The summed E-state index contributed by atoms with van der Waals surface area (Å²) >= 11 is 0. The van der Waals surface area contributed by atoms with E-state index in [4.69, 9.17) is 9.40 Å². The van der Waals surface area contributed by atoms with Crippen molar-refractivity contribution in [3.05, 3.63) is 126 Å². The number of nitrogens with zero attached hydrogens (tertiary/aromatic N) is 1. The van der Waals surface area contributed by atoms with Gasteiger partial charge in [0.15, 0.2) is 11.8 Å². The third-order valence-electron chi connectivity index (χ3n) is 10.1. The predicted molar refractivity (Wildman–Crippen MR) is 174 cm³/mol. The summed E-state index contributed by atoms with van der Waals surface area (Å²) in [6, 6.07) is 33.8. The van der Waals surface area contributed by atoms with Crippen LogP contribution in [0.25, 0.3) is 66.8 Å². The minimum atomic E-state index is -0.216. The van der Waals surface area contributed by atoms with Crippen LogP contribution in [0.4, 0.5) is 0 Å². The fourth-order valence-corrected chi connectivity index (χ4v) is 7.65. The van der Waals surface area contributed by atoms with Crippen LogP contribution in [0.15, 0.2) is 108 Å². The Balaban J connectivity index is 0.00000300. The van der Waals surface area contributed by atoms with Gasteiger partial charge < -0.3 is 9.52 Å². The van der Waals surface area contributed by atoms with Crippen LogP contribution in [-0.4, -0.2) is 4.98 Å². The van der Waals surface area contributed by atoms with Crippen LogP contribution >= 0.6 is 0 Å². The second-order valence-corrected chi connectivity index (χ2v) is 13.3. The number of nitrogens with one attached hydrogen (secondary N) is 1. The minimum absolute atomic E-state index is 0. The number of fused-ring (bicyclic) bond motifs is 8. The number of benzene rings is 5. The molecule has 7 aromatic rings. The second-order valence-electron chi connectivity index (χ2n) is 13.3. The molecule has 0 radical (unpaired) electrons. The van der Waals surface area contributed by atoms with Gasteiger partial charge in [0.25, 0.3) is 0 Å². The standard InChI is InChI=1S/C40H30N2O2.Li/c1-39(2)30-18-23(25-14-11-22-8-7-17-41-36(22)37(25)43)12-15-26(30)28-20-33-29(21-32(28)39)27-16-13-24(19-31(27)40(33,3)4)38-42-34-9-5-6-10-35(34)44-38;/h5-21,43H,1-4H3;/q;+1. The third-order valence-corrected chi connectivity index (χ3v) is 10.1. The number of para-hydroxylation sites is 2. The molecule has 0 amide bonds. The first-order valence-electron chi connectivity index (χ1n) is 15.2. The zero-order chi connectivity index (χ0) is 30.0. The molecule has 0 saturated carbocycles. The van der Waals surface area contributed by atoms with E-state index in [0.717, 1.165) is 33.2 Å². The molecule has 9 rings (SSSR count). The molecule has 5 aromatic carbocycles. The fraction of sp³-hybridized carbons (Fsp3) is 0.150. The number of aromatic amines is 1. The maximum Gasteiger partial charge on any atom is 1.00 e. The van der Waals surface area contributed by atoms with Crippen LogP contribution in [0.2, 0.25) is 0 Å². The second kappa shape index (κ2) is 9.44. The molecule has 212 valence electrons. The Morgan fingerprint density at radius 1 is 0.622 bits per heavy atom. The topological polar surface area (TPSA) is 63.2 Å². The van der Waals surface area contributed by atoms with Crippen molar-refractivity contribution in [2.24, 2.45) is 0 Å². The number of oxazole rings is 1. The summed E-state index contributed by atoms with van der Waals surface area (Å²) in [5.74, 6) is 0.686. The molecule has 45 heavy (non-hydrogen) atoms. The van der Waals surface area contributed by atoms with E-state index in [0.29, 0.717) is 11.4 Å². The maximum atomic E-state index is 13.5. The van der Waals surface area contributed by atoms with Crippen molar-refractivity contribution in [1.82, 2.24) is 4.98 Å². The van der Waals surface area contributed by atoms with Gasteiger partial charge in [-0.25, -0.2) is 9.97 Å². The van der Waals surface area contributed by atoms with Crippen LogP contribution < -0.4 is 29.0 Å². The molecule has 0 unspecified atom stereocenters. The molecule has 2 heterocycles. The summed E-state index contributed by atoms with van der Waals surface area (Å²) < 4.78 is 6.13. The Bertz CT molecular complexity index is 2330. The van der Waals surface area contributed by atoms with Gasteiger partial charge in [0.2, 0.25) is 11.4 Å². The Labute approximate surface area is 274 Å². The molecule has 0 fully saturated rings. The molecule has 1 N–H and O–H groups in total. The first kappa shape index (κ1) is 27.9. The van der Waals surface area contributed by atoms with Crippen molar-refractivity contribution in [2.75, 3.05) is 0 Å². The summed E-state index contributed by atoms with van der Waals surface area (Å²) in [5.41, 5.74) is 14.9. The maximum absolute atomic E-state index is 13.5. The van der Waals surface area contributed by atoms with E-state index < -0.39 is 0 Å². The summed E-state index contributed by atoms with van der Waals surface area (Å²) in [4.78, 5) is 7.91. The number of aromatic nitrogens is 2. The van der Waals surface area contributed by atoms with Gasteiger partial charge in [0, 0.05) is 27.8 Å². The van der Waals surface area contributed by atoms with Crippen LogP contribution in [-0.2, 0) is 10.8 Å². The number of rotatable bonds is 2. The van der Waals surface area contributed by atoms with E-state index >= 15 is 0 Å². The first-order chi connectivity index (χ1) is 21.2. The molecule has 2 aromatic heterocycles. The van der Waals surface area contributed by atoms with Crippen LogP contribution in [0, 0.1) is 0 Å². The molecule has 0 aliphatic heterocycles. The average molecular weight is 578 g/mol. The zero-order valence-corrected chi connectivity index (χ0v) is 26.1. The van der Waals surface area contributed by atoms with Crippen molar-refractivity contribution in [2.45, 2.75) is 38.5 Å². The smallest absolute Gasteiger partial charge is 0.868 e. The van der Waals surface area contributed by atoms with Crippen molar-refractivity contribution >= 4 is 22.0 Å². The molecule has 2 aliphatic rings. The summed E-state index contributed by atoms with van der Waals surface area (Å²) in [6.45, 7) is 9.24. The van der Waals surface area contributed by atoms with Crippen LogP contribution in [0.5, 0.6) is 5.75 Å². The van der Waals surface area contributed by atoms with Gasteiger partial charge in [0.1, 0.15) is 5.52 Å². The van der Waals surface area contributed by atoms with E-state index in [-0.39, 0.29) is 35.4 Å². The zero-order valence-electron chi connectivity index (χ0n) is 26.1. The molecular formula is C40H30LiN2O2+. The Kier molecular flexibility index (Phi) is 5.85. The third kappa shape index (κ3) is 3.80. The molecule has 0 bridgehead atoms. The van der Waals surface area contributed by atoms with Gasteiger partial charge >= 0.3 is 18.9 Å². The SMILES string of the molecule is CC1(C)c2cc(-c3nc4ccccc4o3)ccc2-c2cc3c(cc21)-c1ccc(-c2ccc4ccc[nH+]c4c2[O-])cc1C3(C)C.[Li+]. The van der Waals surface area contributed by atoms with E-state index in [9.17, 15) is 5.11 Å². The van der Waals surface area contributed by atoms with E-state index in [1.807, 2.05) is 54.7 Å². The largest absolute Gasteiger partial charge is 1.00 e.